The van der Waals surface area contributed by atoms with Crippen LogP contribution in [0.3, 0.4) is 0 Å². The van der Waals surface area contributed by atoms with Crippen molar-refractivity contribution in [3.8, 4) is 16.9 Å². The maximum Gasteiger partial charge on any atom is 0.344 e. The van der Waals surface area contributed by atoms with Gasteiger partial charge >= 0.3 is 5.63 Å². The van der Waals surface area contributed by atoms with Gasteiger partial charge in [-0.3, -0.25) is 0 Å². The molecule has 3 aromatic rings. The maximum absolute atomic E-state index is 12.8. The standard InChI is InChI=1S/C27H32N2O3/c1-28(17-21-10-7-15-29-14-6-5-11-24(21)29)18-23-25(30)13-12-20-16-22(27(31)32-26(20)23)19-8-3-2-4-9-19/h2-4,8-9,12-13,16,21,24,30H,5-7,10-11,14-15,17-18H2,1H3/t21-,24+/m0/s1. The average Bonchev–Trinajstić information content (AvgIpc) is 2.82. The van der Waals surface area contributed by atoms with Gasteiger partial charge in [0.1, 0.15) is 11.3 Å². The van der Waals surface area contributed by atoms with E-state index in [1.807, 2.05) is 42.5 Å². The van der Waals surface area contributed by atoms with Gasteiger partial charge in [-0.25, -0.2) is 4.79 Å². The monoisotopic (exact) mass is 432 g/mol. The van der Waals surface area contributed by atoms with Gasteiger partial charge in [-0.2, -0.15) is 0 Å². The highest BCUT2D eigenvalue weighted by atomic mass is 16.4. The Bertz CT molecular complexity index is 1140. The molecule has 0 spiro atoms. The van der Waals surface area contributed by atoms with Gasteiger partial charge in [-0.15, -0.1) is 0 Å². The lowest BCUT2D eigenvalue weighted by Gasteiger charge is -2.45. The molecule has 5 heteroatoms. The molecule has 0 bridgehead atoms. The van der Waals surface area contributed by atoms with Gasteiger partial charge in [-0.1, -0.05) is 36.8 Å². The van der Waals surface area contributed by atoms with E-state index in [9.17, 15) is 9.90 Å². The van der Waals surface area contributed by atoms with Crippen LogP contribution in [-0.2, 0) is 6.54 Å². The van der Waals surface area contributed by atoms with E-state index in [-0.39, 0.29) is 11.4 Å². The SMILES string of the molecule is CN(Cc1c(O)ccc2cc(-c3ccccc3)c(=O)oc12)C[C@@H]1CCCN2CCCC[C@H]12. The first kappa shape index (κ1) is 21.2. The summed E-state index contributed by atoms with van der Waals surface area (Å²) < 4.78 is 5.79. The Labute approximate surface area is 189 Å². The van der Waals surface area contributed by atoms with Crippen LogP contribution in [0.1, 0.15) is 37.7 Å². The number of nitrogens with zero attached hydrogens (tertiary/aromatic N) is 2. The molecular formula is C27H32N2O3. The smallest absolute Gasteiger partial charge is 0.344 e. The molecule has 2 atom stereocenters. The number of hydrogen-bond donors (Lipinski definition) is 1. The van der Waals surface area contributed by atoms with Crippen molar-refractivity contribution in [1.29, 1.82) is 0 Å². The normalized spacial score (nSPS) is 21.7. The number of phenols is 1. The molecule has 0 radical (unpaired) electrons. The Kier molecular flexibility index (Phi) is 6.03. The minimum atomic E-state index is -0.372. The van der Waals surface area contributed by atoms with Gasteiger partial charge in [0.2, 0.25) is 0 Å². The average molecular weight is 433 g/mol. The lowest BCUT2D eigenvalue weighted by molar-refractivity contribution is 0.0434. The predicted molar refractivity (Wildman–Crippen MR) is 128 cm³/mol. The Balaban J connectivity index is 1.40. The van der Waals surface area contributed by atoms with Crippen molar-refractivity contribution in [3.63, 3.8) is 0 Å². The minimum absolute atomic E-state index is 0.183. The Hall–Kier alpha value is -2.63. The zero-order chi connectivity index (χ0) is 22.1. The first-order valence-electron chi connectivity index (χ1n) is 11.9. The molecule has 2 aliphatic rings. The summed E-state index contributed by atoms with van der Waals surface area (Å²) in [7, 11) is 2.11. The summed E-state index contributed by atoms with van der Waals surface area (Å²) in [4.78, 5) is 17.8. The van der Waals surface area contributed by atoms with Gasteiger partial charge < -0.3 is 19.3 Å². The van der Waals surface area contributed by atoms with E-state index in [0.717, 1.165) is 17.5 Å². The summed E-state index contributed by atoms with van der Waals surface area (Å²) in [6.07, 6.45) is 6.50. The number of phenolic OH excluding ortho intramolecular Hbond substituents is 1. The first-order valence-corrected chi connectivity index (χ1v) is 11.9. The molecular weight excluding hydrogens is 400 g/mol. The predicted octanol–water partition coefficient (Wildman–Crippen LogP) is 4.86. The fourth-order valence-corrected chi connectivity index (χ4v) is 5.73. The van der Waals surface area contributed by atoms with E-state index < -0.39 is 0 Å². The van der Waals surface area contributed by atoms with Crippen LogP contribution in [-0.4, -0.2) is 47.6 Å². The van der Waals surface area contributed by atoms with E-state index in [4.69, 9.17) is 4.42 Å². The summed E-state index contributed by atoms with van der Waals surface area (Å²) in [6.45, 7) is 4.02. The zero-order valence-electron chi connectivity index (χ0n) is 18.8. The highest BCUT2D eigenvalue weighted by Gasteiger charge is 2.33. The number of fused-ring (bicyclic) bond motifs is 2. The lowest BCUT2D eigenvalue weighted by Crippen LogP contribution is -2.50. The number of rotatable bonds is 5. The Morgan fingerprint density at radius 3 is 2.72 bits per heavy atom. The minimum Gasteiger partial charge on any atom is -0.507 e. The molecule has 5 nitrogen and oxygen atoms in total. The summed E-state index contributed by atoms with van der Waals surface area (Å²) in [5.41, 5.74) is 2.19. The number of aromatic hydroxyl groups is 1. The molecule has 5 rings (SSSR count). The van der Waals surface area contributed by atoms with Crippen molar-refractivity contribution in [3.05, 3.63) is 64.5 Å². The van der Waals surface area contributed by atoms with Crippen molar-refractivity contribution < 1.29 is 9.52 Å². The van der Waals surface area contributed by atoms with E-state index in [1.165, 1.54) is 45.2 Å². The summed E-state index contributed by atoms with van der Waals surface area (Å²) in [5.74, 6) is 0.839. The lowest BCUT2D eigenvalue weighted by atomic mass is 9.83. The van der Waals surface area contributed by atoms with Crippen LogP contribution in [0.15, 0.2) is 57.7 Å². The van der Waals surface area contributed by atoms with Gasteiger partial charge in [0.15, 0.2) is 0 Å². The van der Waals surface area contributed by atoms with Crippen molar-refractivity contribution in [2.75, 3.05) is 26.7 Å². The summed E-state index contributed by atoms with van der Waals surface area (Å²) >= 11 is 0. The van der Waals surface area contributed by atoms with Crippen LogP contribution in [0, 0.1) is 5.92 Å². The molecule has 2 aromatic carbocycles. The molecule has 3 heterocycles. The van der Waals surface area contributed by atoms with Gasteiger partial charge in [0.25, 0.3) is 0 Å². The molecule has 1 aromatic heterocycles. The van der Waals surface area contributed by atoms with Crippen molar-refractivity contribution in [2.24, 2.45) is 5.92 Å². The second kappa shape index (κ2) is 9.08. The van der Waals surface area contributed by atoms with E-state index in [1.54, 1.807) is 6.07 Å². The van der Waals surface area contributed by atoms with E-state index in [0.29, 0.717) is 35.2 Å². The van der Waals surface area contributed by atoms with E-state index >= 15 is 0 Å². The Morgan fingerprint density at radius 2 is 1.88 bits per heavy atom. The van der Waals surface area contributed by atoms with Crippen molar-refractivity contribution in [2.45, 2.75) is 44.7 Å². The maximum atomic E-state index is 12.8. The first-order chi connectivity index (χ1) is 15.6. The summed E-state index contributed by atoms with van der Waals surface area (Å²) in [6, 6.07) is 15.7. The highest BCUT2D eigenvalue weighted by molar-refractivity contribution is 5.85. The second-order valence-electron chi connectivity index (χ2n) is 9.49. The molecule has 32 heavy (non-hydrogen) atoms. The molecule has 0 saturated carbocycles. The third-order valence-electron chi connectivity index (χ3n) is 7.27. The largest absolute Gasteiger partial charge is 0.507 e. The fourth-order valence-electron chi connectivity index (χ4n) is 5.73. The fraction of sp³-hybridized carbons (Fsp3) is 0.444. The van der Waals surface area contributed by atoms with Crippen LogP contribution in [0.4, 0.5) is 0 Å². The molecule has 168 valence electrons. The number of benzene rings is 2. The van der Waals surface area contributed by atoms with Crippen LogP contribution in [0.2, 0.25) is 0 Å². The second-order valence-corrected chi connectivity index (χ2v) is 9.49. The number of hydrogen-bond acceptors (Lipinski definition) is 5. The van der Waals surface area contributed by atoms with Crippen LogP contribution >= 0.6 is 0 Å². The van der Waals surface area contributed by atoms with Crippen molar-refractivity contribution in [1.82, 2.24) is 9.80 Å². The van der Waals surface area contributed by atoms with E-state index in [2.05, 4.69) is 16.8 Å². The van der Waals surface area contributed by atoms with Crippen LogP contribution in [0.5, 0.6) is 5.75 Å². The van der Waals surface area contributed by atoms with Gasteiger partial charge in [0.05, 0.1) is 11.1 Å². The molecule has 1 N–H and O–H groups in total. The third kappa shape index (κ3) is 4.19. The van der Waals surface area contributed by atoms with Crippen LogP contribution in [0.25, 0.3) is 22.1 Å². The zero-order valence-corrected chi connectivity index (χ0v) is 18.8. The molecule has 0 aliphatic carbocycles. The topological polar surface area (TPSA) is 56.9 Å². The highest BCUT2D eigenvalue weighted by Crippen LogP contribution is 2.33. The van der Waals surface area contributed by atoms with Gasteiger partial charge in [-0.05, 0) is 75.5 Å². The molecule has 2 aliphatic heterocycles. The van der Waals surface area contributed by atoms with Gasteiger partial charge in [0, 0.05) is 24.5 Å². The molecule has 2 saturated heterocycles. The summed E-state index contributed by atoms with van der Waals surface area (Å²) in [5, 5.41) is 11.5. The molecule has 2 fully saturated rings. The number of piperidine rings is 2. The quantitative estimate of drug-likeness (QED) is 0.584. The third-order valence-corrected chi connectivity index (χ3v) is 7.27. The van der Waals surface area contributed by atoms with Crippen LogP contribution < -0.4 is 5.63 Å². The molecule has 0 unspecified atom stereocenters. The Morgan fingerprint density at radius 1 is 1.06 bits per heavy atom. The van der Waals surface area contributed by atoms with Crippen molar-refractivity contribution >= 4 is 11.0 Å². The molecule has 0 amide bonds.